The molecule has 0 spiro atoms. The number of carbonyl (C=O) groups is 1. The van der Waals surface area contributed by atoms with Gasteiger partial charge in [0.2, 0.25) is 10.0 Å². The summed E-state index contributed by atoms with van der Waals surface area (Å²) in [7, 11) is 0.691. The molecule has 134 valence electrons. The van der Waals surface area contributed by atoms with Gasteiger partial charge in [0.1, 0.15) is 11.5 Å². The van der Waals surface area contributed by atoms with E-state index in [4.69, 9.17) is 9.47 Å². The van der Waals surface area contributed by atoms with Gasteiger partial charge in [-0.25, -0.2) is 13.1 Å². The van der Waals surface area contributed by atoms with Crippen molar-refractivity contribution in [3.05, 3.63) is 47.5 Å². The highest BCUT2D eigenvalue weighted by atomic mass is 32.2. The molecule has 8 heteroatoms. The number of carbonyl (C=O) groups excluding carboxylic acids is 1. The minimum absolute atomic E-state index is 0.106. The van der Waals surface area contributed by atoms with Crippen LogP contribution in [0.25, 0.3) is 0 Å². The van der Waals surface area contributed by atoms with E-state index < -0.39 is 15.9 Å². The molecule has 2 rings (SSSR count). The molecule has 7 nitrogen and oxygen atoms in total. The van der Waals surface area contributed by atoms with Crippen molar-refractivity contribution < 1.29 is 22.7 Å². The summed E-state index contributed by atoms with van der Waals surface area (Å²) in [5, 5.41) is 2.68. The summed E-state index contributed by atoms with van der Waals surface area (Å²) in [6.45, 7) is 1.68. The molecule has 1 amide bonds. The fraction of sp³-hybridized carbons (Fsp3) is 0.235. The number of hydrogen-bond donors (Lipinski definition) is 2. The molecule has 0 unspecified atom stereocenters. The Kier molecular flexibility index (Phi) is 5.66. The lowest BCUT2D eigenvalue weighted by Gasteiger charge is -2.12. The average molecular weight is 364 g/mol. The van der Waals surface area contributed by atoms with Crippen LogP contribution in [0.3, 0.4) is 0 Å². The molecular formula is C17H20N2O5S. The maximum atomic E-state index is 12.5. The smallest absolute Gasteiger partial charge is 0.259 e. The van der Waals surface area contributed by atoms with E-state index in [1.807, 2.05) is 0 Å². The molecule has 0 heterocycles. The maximum Gasteiger partial charge on any atom is 0.259 e. The van der Waals surface area contributed by atoms with Crippen molar-refractivity contribution in [3.8, 4) is 11.5 Å². The van der Waals surface area contributed by atoms with E-state index in [1.165, 1.54) is 27.3 Å². The third kappa shape index (κ3) is 4.09. The average Bonchev–Trinajstić information content (AvgIpc) is 2.62. The number of amides is 1. The van der Waals surface area contributed by atoms with Gasteiger partial charge in [0.15, 0.2) is 0 Å². The number of methoxy groups -OCH3 is 2. The second-order valence-corrected chi connectivity index (χ2v) is 7.06. The van der Waals surface area contributed by atoms with E-state index in [0.29, 0.717) is 28.3 Å². The number of anilines is 1. The van der Waals surface area contributed by atoms with E-state index in [2.05, 4.69) is 10.0 Å². The minimum atomic E-state index is -3.62. The summed E-state index contributed by atoms with van der Waals surface area (Å²) >= 11 is 0. The highest BCUT2D eigenvalue weighted by molar-refractivity contribution is 7.89. The van der Waals surface area contributed by atoms with Crippen molar-refractivity contribution >= 4 is 21.6 Å². The Hall–Kier alpha value is -2.58. The molecule has 2 aromatic carbocycles. The lowest BCUT2D eigenvalue weighted by Crippen LogP contribution is -2.20. The zero-order valence-corrected chi connectivity index (χ0v) is 15.2. The molecular weight excluding hydrogens is 344 g/mol. The summed E-state index contributed by atoms with van der Waals surface area (Å²) in [6.07, 6.45) is 0. The predicted molar refractivity (Wildman–Crippen MR) is 94.9 cm³/mol. The van der Waals surface area contributed by atoms with Gasteiger partial charge < -0.3 is 14.8 Å². The normalized spacial score (nSPS) is 11.0. The largest absolute Gasteiger partial charge is 0.497 e. The van der Waals surface area contributed by atoms with Gasteiger partial charge in [-0.1, -0.05) is 6.07 Å². The fourth-order valence-corrected chi connectivity index (χ4v) is 3.26. The van der Waals surface area contributed by atoms with Crippen molar-refractivity contribution in [2.24, 2.45) is 0 Å². The molecule has 0 aliphatic carbocycles. The first-order valence-corrected chi connectivity index (χ1v) is 8.88. The van der Waals surface area contributed by atoms with Crippen molar-refractivity contribution in [2.45, 2.75) is 11.8 Å². The molecule has 0 atom stereocenters. The van der Waals surface area contributed by atoms with E-state index in [-0.39, 0.29) is 4.90 Å². The second kappa shape index (κ2) is 7.54. The summed E-state index contributed by atoms with van der Waals surface area (Å²) < 4.78 is 36.7. The number of sulfonamides is 1. The second-order valence-electron chi connectivity index (χ2n) is 5.21. The maximum absolute atomic E-state index is 12.5. The molecule has 0 radical (unpaired) electrons. The highest BCUT2D eigenvalue weighted by Crippen LogP contribution is 2.26. The zero-order chi connectivity index (χ0) is 18.6. The number of nitrogens with one attached hydrogen (secondary N) is 2. The topological polar surface area (TPSA) is 93.7 Å². The molecule has 0 aliphatic rings. The van der Waals surface area contributed by atoms with Crippen molar-refractivity contribution in [1.29, 1.82) is 0 Å². The Labute approximate surface area is 147 Å². The van der Waals surface area contributed by atoms with Crippen LogP contribution >= 0.6 is 0 Å². The fourth-order valence-electron chi connectivity index (χ4n) is 2.26. The number of benzene rings is 2. The molecule has 2 N–H and O–H groups in total. The van der Waals surface area contributed by atoms with Crippen LogP contribution in [0.15, 0.2) is 41.3 Å². The van der Waals surface area contributed by atoms with Gasteiger partial charge in [0.25, 0.3) is 5.91 Å². The zero-order valence-electron chi connectivity index (χ0n) is 14.4. The number of aryl methyl sites for hydroxylation is 1. The van der Waals surface area contributed by atoms with Crippen LogP contribution in [0.1, 0.15) is 15.9 Å². The summed E-state index contributed by atoms with van der Waals surface area (Å²) in [5.41, 5.74) is 1.25. The lowest BCUT2D eigenvalue weighted by molar-refractivity contribution is 0.102. The molecule has 2 aromatic rings. The molecule has 0 saturated carbocycles. The first-order valence-electron chi connectivity index (χ1n) is 7.40. The SMILES string of the molecule is CNS(=O)(=O)c1cc(NC(=O)c2ccc(OC)cc2OC)ccc1C. The molecule has 25 heavy (non-hydrogen) atoms. The molecule has 0 aliphatic heterocycles. The van der Waals surface area contributed by atoms with E-state index in [9.17, 15) is 13.2 Å². The van der Waals surface area contributed by atoms with Gasteiger partial charge in [-0.15, -0.1) is 0 Å². The van der Waals surface area contributed by atoms with Crippen molar-refractivity contribution in [2.75, 3.05) is 26.6 Å². The third-order valence-corrected chi connectivity index (χ3v) is 5.21. The van der Waals surface area contributed by atoms with Gasteiger partial charge in [-0.05, 0) is 43.8 Å². The van der Waals surface area contributed by atoms with Crippen molar-refractivity contribution in [3.63, 3.8) is 0 Å². The van der Waals surface area contributed by atoms with Gasteiger partial charge in [0.05, 0.1) is 24.7 Å². The van der Waals surface area contributed by atoms with Crippen LogP contribution in [0.4, 0.5) is 5.69 Å². The molecule has 0 saturated heterocycles. The van der Waals surface area contributed by atoms with Crippen LogP contribution in [-0.4, -0.2) is 35.6 Å². The number of rotatable bonds is 6. The minimum Gasteiger partial charge on any atom is -0.497 e. The van der Waals surface area contributed by atoms with Gasteiger partial charge in [-0.2, -0.15) is 0 Å². The number of ether oxygens (including phenoxy) is 2. The Bertz CT molecular complexity index is 894. The molecule has 0 bridgehead atoms. The van der Waals surface area contributed by atoms with Crippen LogP contribution in [0, 0.1) is 6.92 Å². The standard InChI is InChI=1S/C17H20N2O5S/c1-11-5-6-12(9-16(11)25(21,22)18-2)19-17(20)14-8-7-13(23-3)10-15(14)24-4/h5-10,18H,1-4H3,(H,19,20). The first-order chi connectivity index (χ1) is 11.8. The quantitative estimate of drug-likeness (QED) is 0.819. The Morgan fingerprint density at radius 1 is 1.04 bits per heavy atom. The van der Waals surface area contributed by atoms with Gasteiger partial charge >= 0.3 is 0 Å². The van der Waals surface area contributed by atoms with Crippen LogP contribution in [-0.2, 0) is 10.0 Å². The number of hydrogen-bond acceptors (Lipinski definition) is 5. The lowest BCUT2D eigenvalue weighted by atomic mass is 10.1. The van der Waals surface area contributed by atoms with Gasteiger partial charge in [-0.3, -0.25) is 4.79 Å². The van der Waals surface area contributed by atoms with Crippen molar-refractivity contribution in [1.82, 2.24) is 4.72 Å². The first kappa shape index (κ1) is 18.8. The summed E-state index contributed by atoms with van der Waals surface area (Å²) in [6, 6.07) is 9.49. The van der Waals surface area contributed by atoms with Crippen LogP contribution < -0.4 is 19.5 Å². The van der Waals surface area contributed by atoms with Crippen LogP contribution in [0.5, 0.6) is 11.5 Å². The van der Waals surface area contributed by atoms with E-state index in [1.54, 1.807) is 37.3 Å². The molecule has 0 fully saturated rings. The monoisotopic (exact) mass is 364 g/mol. The Balaban J connectivity index is 2.34. The summed E-state index contributed by atoms with van der Waals surface area (Å²) in [4.78, 5) is 12.6. The Morgan fingerprint density at radius 3 is 2.36 bits per heavy atom. The Morgan fingerprint density at radius 2 is 1.76 bits per heavy atom. The van der Waals surface area contributed by atoms with Gasteiger partial charge in [0, 0.05) is 11.8 Å². The molecule has 0 aromatic heterocycles. The predicted octanol–water partition coefficient (Wildman–Crippen LogP) is 2.17. The van der Waals surface area contributed by atoms with E-state index >= 15 is 0 Å². The highest BCUT2D eigenvalue weighted by Gasteiger charge is 2.17. The van der Waals surface area contributed by atoms with E-state index in [0.717, 1.165) is 0 Å². The third-order valence-electron chi connectivity index (χ3n) is 3.66. The van der Waals surface area contributed by atoms with Crippen LogP contribution in [0.2, 0.25) is 0 Å². The summed E-state index contributed by atoms with van der Waals surface area (Å²) in [5.74, 6) is 0.495.